The van der Waals surface area contributed by atoms with Crippen LogP contribution in [0.15, 0.2) is 24.4 Å². The Morgan fingerprint density at radius 2 is 2.24 bits per heavy atom. The molecular formula is C15H20N4O2. The summed E-state index contributed by atoms with van der Waals surface area (Å²) in [5, 5.41) is 20.9. The molecule has 1 aliphatic rings. The molecule has 1 saturated heterocycles. The normalized spacial score (nSPS) is 17.9. The minimum atomic E-state index is -0.905. The summed E-state index contributed by atoms with van der Waals surface area (Å²) >= 11 is 0. The van der Waals surface area contributed by atoms with Crippen LogP contribution < -0.4 is 5.32 Å². The number of aromatic nitrogens is 2. The number of nitrogens with one attached hydrogen (secondary N) is 2. The van der Waals surface area contributed by atoms with Crippen molar-refractivity contribution in [1.29, 1.82) is 0 Å². The fourth-order valence-corrected chi connectivity index (χ4v) is 2.78. The zero-order chi connectivity index (χ0) is 14.8. The number of fused-ring (bicyclic) bond motifs is 1. The Balaban J connectivity index is 1.58. The van der Waals surface area contributed by atoms with Crippen molar-refractivity contribution < 1.29 is 9.90 Å². The number of hydrogen-bond donors (Lipinski definition) is 3. The van der Waals surface area contributed by atoms with E-state index in [-0.39, 0.29) is 5.91 Å². The van der Waals surface area contributed by atoms with Crippen LogP contribution in [0.4, 0.5) is 5.69 Å². The number of amides is 1. The highest BCUT2D eigenvalue weighted by molar-refractivity contribution is 5.82. The first kappa shape index (κ1) is 13.9. The predicted octanol–water partition coefficient (Wildman–Crippen LogP) is 1.35. The van der Waals surface area contributed by atoms with Crippen LogP contribution >= 0.6 is 0 Å². The Morgan fingerprint density at radius 3 is 2.95 bits per heavy atom. The standard InChI is InChI=1S/C15H20N4O2/c1-10(20)15(21)19-6-4-12(5-7-19)17-13-2-3-14-11(8-13)9-16-18-14/h2-3,8-10,12,17,20H,4-7H2,1H3,(H,16,18)/t10-/m0/s1. The van der Waals surface area contributed by atoms with Gasteiger partial charge in [0.2, 0.25) is 0 Å². The molecule has 21 heavy (non-hydrogen) atoms. The van der Waals surface area contributed by atoms with Gasteiger partial charge in [-0.25, -0.2) is 0 Å². The largest absolute Gasteiger partial charge is 0.384 e. The second-order valence-corrected chi connectivity index (χ2v) is 5.59. The van der Waals surface area contributed by atoms with E-state index in [4.69, 9.17) is 0 Å². The lowest BCUT2D eigenvalue weighted by atomic mass is 10.0. The highest BCUT2D eigenvalue weighted by Crippen LogP contribution is 2.20. The summed E-state index contributed by atoms with van der Waals surface area (Å²) in [6, 6.07) is 6.48. The zero-order valence-electron chi connectivity index (χ0n) is 12.0. The number of nitrogens with zero attached hydrogens (tertiary/aromatic N) is 2. The van der Waals surface area contributed by atoms with Crippen molar-refractivity contribution in [2.24, 2.45) is 0 Å². The van der Waals surface area contributed by atoms with Crippen LogP contribution in [0.25, 0.3) is 10.9 Å². The Kier molecular flexibility index (Phi) is 3.79. The molecule has 112 valence electrons. The summed E-state index contributed by atoms with van der Waals surface area (Å²) in [5.74, 6) is -0.173. The number of piperidine rings is 1. The Bertz CT molecular complexity index is 629. The molecule has 0 bridgehead atoms. The van der Waals surface area contributed by atoms with Crippen LogP contribution in [-0.4, -0.2) is 51.3 Å². The first-order chi connectivity index (χ1) is 10.1. The number of hydrogen-bond acceptors (Lipinski definition) is 4. The van der Waals surface area contributed by atoms with E-state index in [0.29, 0.717) is 19.1 Å². The molecule has 0 spiro atoms. The van der Waals surface area contributed by atoms with Crippen LogP contribution in [-0.2, 0) is 4.79 Å². The number of aliphatic hydroxyl groups is 1. The molecule has 3 rings (SSSR count). The molecule has 3 N–H and O–H groups in total. The average molecular weight is 288 g/mol. The van der Waals surface area contributed by atoms with E-state index in [2.05, 4.69) is 21.6 Å². The fraction of sp³-hybridized carbons (Fsp3) is 0.467. The second kappa shape index (κ2) is 5.73. The third kappa shape index (κ3) is 3.00. The average Bonchev–Trinajstić information content (AvgIpc) is 2.95. The molecule has 1 aromatic carbocycles. The third-order valence-electron chi connectivity index (χ3n) is 3.98. The monoisotopic (exact) mass is 288 g/mol. The molecule has 6 heteroatoms. The van der Waals surface area contributed by atoms with Crippen LogP contribution in [0.2, 0.25) is 0 Å². The molecule has 1 aromatic heterocycles. The lowest BCUT2D eigenvalue weighted by molar-refractivity contribution is -0.140. The SMILES string of the molecule is C[C@H](O)C(=O)N1CCC(Nc2ccc3[nH]ncc3c2)CC1. The Morgan fingerprint density at radius 1 is 1.48 bits per heavy atom. The number of anilines is 1. The number of carbonyl (C=O) groups excluding carboxylic acids is 1. The molecule has 0 saturated carbocycles. The van der Waals surface area contributed by atoms with Crippen molar-refractivity contribution in [3.8, 4) is 0 Å². The minimum absolute atomic E-state index is 0.173. The second-order valence-electron chi connectivity index (χ2n) is 5.59. The number of aromatic amines is 1. The van der Waals surface area contributed by atoms with Crippen molar-refractivity contribution in [2.45, 2.75) is 31.9 Å². The maximum absolute atomic E-state index is 11.7. The first-order valence-corrected chi connectivity index (χ1v) is 7.30. The molecule has 0 aliphatic carbocycles. The van der Waals surface area contributed by atoms with Crippen LogP contribution in [0.5, 0.6) is 0 Å². The highest BCUT2D eigenvalue weighted by Gasteiger charge is 2.24. The van der Waals surface area contributed by atoms with Gasteiger partial charge in [-0.3, -0.25) is 9.89 Å². The number of carbonyl (C=O) groups is 1. The van der Waals surface area contributed by atoms with Gasteiger partial charge in [-0.2, -0.15) is 5.10 Å². The van der Waals surface area contributed by atoms with Gasteiger partial charge in [0.15, 0.2) is 0 Å². The minimum Gasteiger partial charge on any atom is -0.384 e. The van der Waals surface area contributed by atoms with Gasteiger partial charge in [0, 0.05) is 30.2 Å². The Hall–Kier alpha value is -2.08. The van der Waals surface area contributed by atoms with Crippen LogP contribution in [0, 0.1) is 0 Å². The molecule has 0 unspecified atom stereocenters. The van der Waals surface area contributed by atoms with Gasteiger partial charge in [-0.15, -0.1) is 0 Å². The molecule has 1 amide bonds. The smallest absolute Gasteiger partial charge is 0.251 e. The molecule has 2 heterocycles. The lowest BCUT2D eigenvalue weighted by Crippen LogP contribution is -2.45. The van der Waals surface area contributed by atoms with Crippen molar-refractivity contribution in [3.63, 3.8) is 0 Å². The summed E-state index contributed by atoms with van der Waals surface area (Å²) in [5.41, 5.74) is 2.10. The van der Waals surface area contributed by atoms with E-state index in [1.807, 2.05) is 18.3 Å². The number of benzene rings is 1. The number of likely N-dealkylation sites (tertiary alicyclic amines) is 1. The topological polar surface area (TPSA) is 81.2 Å². The third-order valence-corrected chi connectivity index (χ3v) is 3.98. The molecule has 1 atom stereocenters. The van der Waals surface area contributed by atoms with Crippen LogP contribution in [0.1, 0.15) is 19.8 Å². The van der Waals surface area contributed by atoms with E-state index in [1.54, 1.807) is 4.90 Å². The lowest BCUT2D eigenvalue weighted by Gasteiger charge is -2.33. The van der Waals surface area contributed by atoms with E-state index < -0.39 is 6.10 Å². The van der Waals surface area contributed by atoms with Gasteiger partial charge in [0.25, 0.3) is 5.91 Å². The van der Waals surface area contributed by atoms with E-state index in [9.17, 15) is 9.90 Å². The van der Waals surface area contributed by atoms with E-state index in [1.165, 1.54) is 6.92 Å². The van der Waals surface area contributed by atoms with E-state index in [0.717, 1.165) is 29.4 Å². The zero-order valence-corrected chi connectivity index (χ0v) is 12.0. The summed E-state index contributed by atoms with van der Waals surface area (Å²) < 4.78 is 0. The summed E-state index contributed by atoms with van der Waals surface area (Å²) in [4.78, 5) is 13.5. The molecule has 1 fully saturated rings. The van der Waals surface area contributed by atoms with Gasteiger partial charge in [-0.05, 0) is 38.0 Å². The van der Waals surface area contributed by atoms with E-state index >= 15 is 0 Å². The highest BCUT2D eigenvalue weighted by atomic mass is 16.3. The molecule has 1 aliphatic heterocycles. The summed E-state index contributed by atoms with van der Waals surface area (Å²) in [6.45, 7) is 2.90. The number of aliphatic hydroxyl groups excluding tert-OH is 1. The first-order valence-electron chi connectivity index (χ1n) is 7.30. The fourth-order valence-electron chi connectivity index (χ4n) is 2.78. The molecule has 0 radical (unpaired) electrons. The van der Waals surface area contributed by atoms with Crippen molar-refractivity contribution in [2.75, 3.05) is 18.4 Å². The van der Waals surface area contributed by atoms with Gasteiger partial charge in [-0.1, -0.05) is 0 Å². The van der Waals surface area contributed by atoms with Gasteiger partial charge >= 0.3 is 0 Å². The van der Waals surface area contributed by atoms with Gasteiger partial charge in [0.1, 0.15) is 6.10 Å². The Labute approximate surface area is 123 Å². The van der Waals surface area contributed by atoms with Crippen molar-refractivity contribution in [1.82, 2.24) is 15.1 Å². The molecule has 2 aromatic rings. The van der Waals surface area contributed by atoms with Gasteiger partial charge in [0.05, 0.1) is 11.7 Å². The quantitative estimate of drug-likeness (QED) is 0.796. The number of rotatable bonds is 3. The van der Waals surface area contributed by atoms with Crippen molar-refractivity contribution in [3.05, 3.63) is 24.4 Å². The maximum atomic E-state index is 11.7. The summed E-state index contributed by atoms with van der Waals surface area (Å²) in [6.07, 6.45) is 2.69. The molecule has 6 nitrogen and oxygen atoms in total. The maximum Gasteiger partial charge on any atom is 0.251 e. The molecular weight excluding hydrogens is 268 g/mol. The van der Waals surface area contributed by atoms with Gasteiger partial charge < -0.3 is 15.3 Å². The van der Waals surface area contributed by atoms with Crippen LogP contribution in [0.3, 0.4) is 0 Å². The summed E-state index contributed by atoms with van der Waals surface area (Å²) in [7, 11) is 0. The number of H-pyrrole nitrogens is 1. The van der Waals surface area contributed by atoms with Crippen molar-refractivity contribution >= 4 is 22.5 Å². The predicted molar refractivity (Wildman–Crippen MR) is 81.0 cm³/mol.